The largest absolute Gasteiger partial charge is 2.00 e. The third-order valence-electron chi connectivity index (χ3n) is 4.08. The van der Waals surface area contributed by atoms with E-state index in [1.807, 2.05) is 45.2 Å². The fraction of sp³-hybridized carbons (Fsp3) is 0. The van der Waals surface area contributed by atoms with Gasteiger partial charge in [0.15, 0.2) is 0 Å². The van der Waals surface area contributed by atoms with Gasteiger partial charge in [-0.25, -0.2) is 0 Å². The van der Waals surface area contributed by atoms with Crippen LogP contribution >= 0.6 is 45.2 Å². The van der Waals surface area contributed by atoms with E-state index in [0.29, 0.717) is 18.3 Å². The monoisotopic (exact) mass is 835 g/mol. The van der Waals surface area contributed by atoms with Crippen molar-refractivity contribution < 1.29 is 57.1 Å². The number of aromatic nitrogens is 2. The van der Waals surface area contributed by atoms with Gasteiger partial charge in [-0.2, -0.15) is 0 Å². The number of carboxylic acid groups (broad SMARTS) is 2. The second-order valence-electron chi connectivity index (χ2n) is 6.75. The van der Waals surface area contributed by atoms with Crippen LogP contribution in [-0.2, 0) is 27.7 Å². The number of nitrogens with two attached hydrogens (primary N) is 2. The van der Waals surface area contributed by atoms with Gasteiger partial charge in [0.25, 0.3) is 0 Å². The van der Waals surface area contributed by atoms with Crippen molar-refractivity contribution in [2.24, 2.45) is 11.5 Å². The minimum Gasteiger partial charge on any atom is -0.545 e. The second kappa shape index (κ2) is 23.2. The third-order valence-corrected chi connectivity index (χ3v) is 5.96. The standard InChI is InChI=1S/2C7H5IO2.2C6H6N2O.Co.2H2O/c2*8-6-4-2-1-3-5(6)7(9)10;2*7-6(9)5-2-1-3-8-4-5;;;/h2*1-4H,(H,9,10);2*1-4H,(H2,7,9);;2*1H2/q;;;;+2;;. The van der Waals surface area contributed by atoms with Crippen LogP contribution in [0.3, 0.4) is 0 Å². The Kier molecular flexibility index (Phi) is 23.8. The van der Waals surface area contributed by atoms with E-state index >= 15 is 0 Å². The average Bonchev–Trinajstić information content (AvgIpc) is 2.91. The van der Waals surface area contributed by atoms with E-state index in [0.717, 1.165) is 0 Å². The number of hydrogen-bond donors (Lipinski definition) is 2. The molecule has 4 rings (SSSR count). The summed E-state index contributed by atoms with van der Waals surface area (Å²) in [5.41, 5.74) is 11.3. The number of amides is 2. The third kappa shape index (κ3) is 17.0. The topological polar surface area (TPSA) is 258 Å². The Labute approximate surface area is 272 Å². The summed E-state index contributed by atoms with van der Waals surface area (Å²) in [4.78, 5) is 48.8. The van der Waals surface area contributed by atoms with Gasteiger partial charge in [0.1, 0.15) is 0 Å². The Morgan fingerprint density at radius 1 is 0.585 bits per heavy atom. The molecule has 2 amide bonds. The van der Waals surface area contributed by atoms with Gasteiger partial charge >= 0.3 is 16.8 Å². The van der Waals surface area contributed by atoms with Crippen molar-refractivity contribution in [1.82, 2.24) is 9.97 Å². The molecule has 0 bridgehead atoms. The summed E-state index contributed by atoms with van der Waals surface area (Å²) < 4.78 is 1.42. The average molecular weight is 835 g/mol. The van der Waals surface area contributed by atoms with E-state index < -0.39 is 23.8 Å². The quantitative estimate of drug-likeness (QED) is 0.206. The molecule has 2 heterocycles. The first kappa shape index (κ1) is 42.0. The molecule has 0 aliphatic heterocycles. The minimum absolute atomic E-state index is 0. The van der Waals surface area contributed by atoms with E-state index in [4.69, 9.17) is 11.5 Å². The molecule has 0 saturated carbocycles. The number of carbonyl (C=O) groups excluding carboxylic acids is 4. The molecular weight excluding hydrogens is 809 g/mol. The zero-order chi connectivity index (χ0) is 28.5. The molecule has 4 aromatic rings. The van der Waals surface area contributed by atoms with Crippen molar-refractivity contribution >= 4 is 68.9 Å². The van der Waals surface area contributed by atoms with E-state index in [9.17, 15) is 29.4 Å². The van der Waals surface area contributed by atoms with Crippen LogP contribution in [0.15, 0.2) is 97.6 Å². The molecular formula is C26H26CoI2N4O8+2. The van der Waals surface area contributed by atoms with Gasteiger partial charge in [-0.1, -0.05) is 36.4 Å². The summed E-state index contributed by atoms with van der Waals surface area (Å²) >= 11 is 3.91. The maximum Gasteiger partial charge on any atom is 2.00 e. The fourth-order valence-corrected chi connectivity index (χ4v) is 3.49. The number of aromatic carboxylic acids is 2. The number of pyridine rings is 2. The Bertz CT molecular complexity index is 1260. The van der Waals surface area contributed by atoms with E-state index in [-0.39, 0.29) is 38.9 Å². The van der Waals surface area contributed by atoms with Crippen molar-refractivity contribution in [2.45, 2.75) is 0 Å². The Morgan fingerprint density at radius 2 is 0.902 bits per heavy atom. The molecule has 0 aliphatic carbocycles. The molecule has 12 nitrogen and oxygen atoms in total. The number of benzene rings is 2. The first-order valence-electron chi connectivity index (χ1n) is 10.4. The normalized spacial score (nSPS) is 8.44. The smallest absolute Gasteiger partial charge is 0.545 e. The predicted molar refractivity (Wildman–Crippen MR) is 162 cm³/mol. The maximum absolute atomic E-state index is 10.4. The Morgan fingerprint density at radius 3 is 1.07 bits per heavy atom. The summed E-state index contributed by atoms with van der Waals surface area (Å²) in [6.07, 6.45) is 6.05. The zero-order valence-corrected chi connectivity index (χ0v) is 26.3. The fourth-order valence-electron chi connectivity index (χ4n) is 2.27. The molecule has 0 unspecified atom stereocenters. The summed E-state index contributed by atoms with van der Waals surface area (Å²) in [5.74, 6) is -3.12. The summed E-state index contributed by atoms with van der Waals surface area (Å²) in [6.45, 7) is 0. The van der Waals surface area contributed by atoms with Crippen molar-refractivity contribution in [3.63, 3.8) is 0 Å². The summed E-state index contributed by atoms with van der Waals surface area (Å²) in [7, 11) is 0. The van der Waals surface area contributed by atoms with Crippen LogP contribution < -0.4 is 21.7 Å². The molecule has 15 heteroatoms. The SMILES string of the molecule is NC(=O)c1cccnc1.NC(=O)c1cccnc1.O=C([O-])c1ccccc1I.O=C([O-])c1ccccc1I.[Co+2].[OH3+].[OH3+]. The summed E-state index contributed by atoms with van der Waals surface area (Å²) in [5, 5.41) is 20.6. The van der Waals surface area contributed by atoms with Gasteiger partial charge in [-0.3, -0.25) is 19.6 Å². The van der Waals surface area contributed by atoms with Crippen LogP contribution in [0.25, 0.3) is 0 Å². The van der Waals surface area contributed by atoms with Crippen molar-refractivity contribution in [3.8, 4) is 0 Å². The van der Waals surface area contributed by atoms with Crippen LogP contribution in [0.4, 0.5) is 0 Å². The van der Waals surface area contributed by atoms with Crippen molar-refractivity contribution in [3.05, 3.63) is 127 Å². The molecule has 0 atom stereocenters. The molecule has 2 aromatic heterocycles. The minimum atomic E-state index is -1.12. The number of rotatable bonds is 4. The molecule has 10 N–H and O–H groups in total. The van der Waals surface area contributed by atoms with Gasteiger partial charge in [-0.05, 0) is 81.6 Å². The van der Waals surface area contributed by atoms with E-state index in [1.165, 1.54) is 24.5 Å². The Hall–Kier alpha value is -3.49. The van der Waals surface area contributed by atoms with Crippen LogP contribution in [0.5, 0.6) is 0 Å². The first-order chi connectivity index (χ1) is 18.0. The van der Waals surface area contributed by atoms with Gasteiger partial charge in [0.2, 0.25) is 11.8 Å². The molecule has 0 saturated heterocycles. The van der Waals surface area contributed by atoms with Crippen LogP contribution in [-0.4, -0.2) is 33.7 Å². The van der Waals surface area contributed by atoms with Crippen LogP contribution in [0.2, 0.25) is 0 Å². The number of halogens is 2. The van der Waals surface area contributed by atoms with Crippen LogP contribution in [0.1, 0.15) is 41.4 Å². The second-order valence-corrected chi connectivity index (χ2v) is 9.07. The predicted octanol–water partition coefficient (Wildman–Crippen LogP) is -0.176. The Balaban J connectivity index is -0.000000459. The number of hydrogen-bond acceptors (Lipinski definition) is 8. The number of carboxylic acids is 2. The van der Waals surface area contributed by atoms with Crippen molar-refractivity contribution in [2.75, 3.05) is 0 Å². The van der Waals surface area contributed by atoms with Gasteiger partial charge in [-0.15, -0.1) is 0 Å². The van der Waals surface area contributed by atoms with Gasteiger partial charge < -0.3 is 42.2 Å². The number of carbonyl (C=O) groups is 4. The molecule has 41 heavy (non-hydrogen) atoms. The molecule has 219 valence electrons. The number of primary amides is 2. The number of nitrogens with zero attached hydrogens (tertiary/aromatic N) is 2. The van der Waals surface area contributed by atoms with Gasteiger partial charge in [0.05, 0.1) is 23.1 Å². The zero-order valence-electron chi connectivity index (χ0n) is 21.0. The molecule has 0 spiro atoms. The van der Waals surface area contributed by atoms with Crippen LogP contribution in [0, 0.1) is 7.14 Å². The van der Waals surface area contributed by atoms with Gasteiger partial charge in [0, 0.05) is 43.1 Å². The molecule has 0 aliphatic rings. The van der Waals surface area contributed by atoms with Crippen molar-refractivity contribution in [1.29, 1.82) is 0 Å². The van der Waals surface area contributed by atoms with E-state index in [1.54, 1.807) is 73.1 Å². The first-order valence-corrected chi connectivity index (χ1v) is 12.5. The maximum atomic E-state index is 10.4. The molecule has 1 radical (unpaired) electrons. The summed E-state index contributed by atoms with van der Waals surface area (Å²) in [6, 6.07) is 20.0. The van der Waals surface area contributed by atoms with E-state index in [2.05, 4.69) is 9.97 Å². The molecule has 0 fully saturated rings. The molecule has 2 aromatic carbocycles.